The number of nitrogens with zero attached hydrogens (tertiary/aromatic N) is 1. The molecule has 0 radical (unpaired) electrons. The van der Waals surface area contributed by atoms with E-state index in [1.807, 2.05) is 42.5 Å². The fourth-order valence-electron chi connectivity index (χ4n) is 3.09. The van der Waals surface area contributed by atoms with E-state index in [0.29, 0.717) is 24.9 Å². The van der Waals surface area contributed by atoms with Crippen LogP contribution >= 0.6 is 11.6 Å². The lowest BCUT2D eigenvalue weighted by Gasteiger charge is -2.22. The molecule has 2 aromatic rings. The molecule has 26 heavy (non-hydrogen) atoms. The molecular weight excluding hydrogens is 350 g/mol. The number of rotatable bonds is 6. The van der Waals surface area contributed by atoms with E-state index in [4.69, 9.17) is 21.1 Å². The van der Waals surface area contributed by atoms with Crippen LogP contribution in [-0.2, 0) is 16.0 Å². The number of hydrogen-bond donors (Lipinski definition) is 0. The Kier molecular flexibility index (Phi) is 6.30. The van der Waals surface area contributed by atoms with E-state index in [9.17, 15) is 4.79 Å². The molecule has 2 atom stereocenters. The molecule has 1 saturated heterocycles. The van der Waals surface area contributed by atoms with Crippen molar-refractivity contribution in [2.24, 2.45) is 0 Å². The first kappa shape index (κ1) is 18.9. The number of benzene rings is 2. The normalized spacial score (nSPS) is 18.7. The molecule has 0 bridgehead atoms. The van der Waals surface area contributed by atoms with Gasteiger partial charge in [0.2, 0.25) is 0 Å². The topological polar surface area (TPSA) is 38.8 Å². The van der Waals surface area contributed by atoms with Crippen LogP contribution in [0.4, 0.5) is 0 Å². The van der Waals surface area contributed by atoms with Crippen molar-refractivity contribution in [3.05, 3.63) is 64.7 Å². The fourth-order valence-corrected chi connectivity index (χ4v) is 3.29. The van der Waals surface area contributed by atoms with Crippen molar-refractivity contribution in [3.8, 4) is 5.75 Å². The Morgan fingerprint density at radius 1 is 1.31 bits per heavy atom. The molecule has 138 valence electrons. The predicted octanol–water partition coefficient (Wildman–Crippen LogP) is 4.62. The summed E-state index contributed by atoms with van der Waals surface area (Å²) in [5.74, 6) is 0.381. The zero-order chi connectivity index (χ0) is 18.5. The summed E-state index contributed by atoms with van der Waals surface area (Å²) in [4.78, 5) is 13.7. The van der Waals surface area contributed by atoms with Crippen LogP contribution in [0.5, 0.6) is 5.75 Å². The van der Waals surface area contributed by atoms with E-state index in [-0.39, 0.29) is 12.1 Å². The van der Waals surface area contributed by atoms with Crippen molar-refractivity contribution in [1.82, 2.24) is 4.90 Å². The molecule has 4 nitrogen and oxygen atoms in total. The van der Waals surface area contributed by atoms with Crippen LogP contribution in [0.15, 0.2) is 48.5 Å². The van der Waals surface area contributed by atoms with Gasteiger partial charge in [-0.1, -0.05) is 42.8 Å². The summed E-state index contributed by atoms with van der Waals surface area (Å²) in [5.41, 5.74) is 2.33. The van der Waals surface area contributed by atoms with Crippen LogP contribution < -0.4 is 4.74 Å². The summed E-state index contributed by atoms with van der Waals surface area (Å²) in [7, 11) is 0. The van der Waals surface area contributed by atoms with Crippen molar-refractivity contribution in [3.63, 3.8) is 0 Å². The summed E-state index contributed by atoms with van der Waals surface area (Å²) in [6, 6.07) is 15.9. The Hall–Kier alpha value is -1.88. The maximum Gasteiger partial charge on any atom is 0.310 e. The lowest BCUT2D eigenvalue weighted by atomic mass is 10.0. The lowest BCUT2D eigenvalue weighted by Crippen LogP contribution is -2.32. The summed E-state index contributed by atoms with van der Waals surface area (Å²) in [6.45, 7) is 5.46. The van der Waals surface area contributed by atoms with Gasteiger partial charge in [-0.15, -0.1) is 0 Å². The zero-order valence-corrected chi connectivity index (χ0v) is 15.9. The van der Waals surface area contributed by atoms with Gasteiger partial charge < -0.3 is 9.47 Å². The van der Waals surface area contributed by atoms with E-state index in [0.717, 1.165) is 23.6 Å². The van der Waals surface area contributed by atoms with Gasteiger partial charge in [0.15, 0.2) is 0 Å². The maximum atomic E-state index is 11.3. The van der Waals surface area contributed by atoms with Crippen molar-refractivity contribution in [1.29, 1.82) is 0 Å². The largest absolute Gasteiger partial charge is 0.427 e. The van der Waals surface area contributed by atoms with Crippen LogP contribution in [0.2, 0.25) is 5.02 Å². The SMILES string of the molecule is CCC(=O)Oc1ccc(CC(C)N2COC(c3cccc(Cl)c3)C2)cc1. The second kappa shape index (κ2) is 8.67. The minimum Gasteiger partial charge on any atom is -0.427 e. The summed E-state index contributed by atoms with van der Waals surface area (Å²) in [6.07, 6.45) is 1.35. The average Bonchev–Trinajstić information content (AvgIpc) is 3.13. The molecule has 0 saturated carbocycles. The highest BCUT2D eigenvalue weighted by Gasteiger charge is 2.28. The van der Waals surface area contributed by atoms with E-state index in [2.05, 4.69) is 17.9 Å². The first-order valence-electron chi connectivity index (χ1n) is 8.96. The van der Waals surface area contributed by atoms with E-state index >= 15 is 0 Å². The Morgan fingerprint density at radius 3 is 2.77 bits per heavy atom. The molecule has 2 aromatic carbocycles. The molecule has 3 rings (SSSR count). The molecule has 5 heteroatoms. The number of esters is 1. The number of hydrogen-bond acceptors (Lipinski definition) is 4. The van der Waals surface area contributed by atoms with Gasteiger partial charge in [0.05, 0.1) is 6.10 Å². The highest BCUT2D eigenvalue weighted by Crippen LogP contribution is 2.28. The summed E-state index contributed by atoms with van der Waals surface area (Å²) < 4.78 is 11.2. The third kappa shape index (κ3) is 4.85. The minimum absolute atomic E-state index is 0.0620. The monoisotopic (exact) mass is 373 g/mol. The smallest absolute Gasteiger partial charge is 0.310 e. The lowest BCUT2D eigenvalue weighted by molar-refractivity contribution is -0.134. The number of carbonyl (C=O) groups is 1. The number of carbonyl (C=O) groups excluding carboxylic acids is 1. The van der Waals surface area contributed by atoms with Crippen LogP contribution in [0.3, 0.4) is 0 Å². The van der Waals surface area contributed by atoms with Gasteiger partial charge in [-0.05, 0) is 48.7 Å². The second-order valence-corrected chi connectivity index (χ2v) is 7.07. The first-order valence-corrected chi connectivity index (χ1v) is 9.33. The van der Waals surface area contributed by atoms with E-state index in [1.165, 1.54) is 5.56 Å². The fraction of sp³-hybridized carbons (Fsp3) is 0.381. The van der Waals surface area contributed by atoms with Crippen LogP contribution in [0, 0.1) is 0 Å². The summed E-state index contributed by atoms with van der Waals surface area (Å²) >= 11 is 6.08. The predicted molar refractivity (Wildman–Crippen MR) is 102 cm³/mol. The molecule has 0 aliphatic carbocycles. The summed E-state index contributed by atoms with van der Waals surface area (Å²) in [5, 5.41) is 0.737. The molecule has 1 aliphatic rings. The average molecular weight is 374 g/mol. The maximum absolute atomic E-state index is 11.3. The molecule has 2 unspecified atom stereocenters. The van der Waals surface area contributed by atoms with Gasteiger partial charge in [0.25, 0.3) is 0 Å². The molecule has 0 spiro atoms. The molecule has 0 aromatic heterocycles. The van der Waals surface area contributed by atoms with Crippen LogP contribution in [-0.4, -0.2) is 30.2 Å². The molecule has 0 N–H and O–H groups in total. The quantitative estimate of drug-likeness (QED) is 0.547. The Labute approximate surface area is 159 Å². The Morgan fingerprint density at radius 2 is 2.08 bits per heavy atom. The Bertz CT molecular complexity index is 747. The van der Waals surface area contributed by atoms with Gasteiger partial charge in [0, 0.05) is 24.0 Å². The van der Waals surface area contributed by atoms with Crippen molar-refractivity contribution >= 4 is 17.6 Å². The number of halogens is 1. The molecule has 1 aliphatic heterocycles. The highest BCUT2D eigenvalue weighted by molar-refractivity contribution is 6.30. The van der Waals surface area contributed by atoms with Gasteiger partial charge in [-0.3, -0.25) is 9.69 Å². The molecule has 0 amide bonds. The van der Waals surface area contributed by atoms with Crippen LogP contribution in [0.25, 0.3) is 0 Å². The third-order valence-electron chi connectivity index (χ3n) is 4.66. The zero-order valence-electron chi connectivity index (χ0n) is 15.2. The minimum atomic E-state index is -0.215. The van der Waals surface area contributed by atoms with Gasteiger partial charge in [0.1, 0.15) is 12.5 Å². The van der Waals surface area contributed by atoms with Crippen molar-refractivity contribution in [2.75, 3.05) is 13.3 Å². The van der Waals surface area contributed by atoms with Crippen molar-refractivity contribution < 1.29 is 14.3 Å². The molecular formula is C21H24ClNO3. The first-order chi connectivity index (χ1) is 12.5. The standard InChI is InChI=1S/C21H24ClNO3/c1-3-21(24)26-19-9-7-16(8-10-19)11-15(2)23-13-20(25-14-23)17-5-4-6-18(22)12-17/h4-10,12,15,20H,3,11,13-14H2,1-2H3. The van der Waals surface area contributed by atoms with Gasteiger partial charge >= 0.3 is 5.97 Å². The molecule has 1 heterocycles. The second-order valence-electron chi connectivity index (χ2n) is 6.64. The highest BCUT2D eigenvalue weighted by atomic mass is 35.5. The van der Waals surface area contributed by atoms with E-state index < -0.39 is 0 Å². The molecule has 1 fully saturated rings. The van der Waals surface area contributed by atoms with Gasteiger partial charge in [-0.2, -0.15) is 0 Å². The van der Waals surface area contributed by atoms with Crippen molar-refractivity contribution in [2.45, 2.75) is 38.8 Å². The number of ether oxygens (including phenoxy) is 2. The third-order valence-corrected chi connectivity index (χ3v) is 4.90. The van der Waals surface area contributed by atoms with Crippen LogP contribution in [0.1, 0.15) is 37.5 Å². The van der Waals surface area contributed by atoms with E-state index in [1.54, 1.807) is 6.92 Å². The Balaban J connectivity index is 1.55. The van der Waals surface area contributed by atoms with Gasteiger partial charge in [-0.25, -0.2) is 0 Å².